The number of rotatable bonds is 7. The molecule has 1 N–H and O–H groups in total. The highest BCUT2D eigenvalue weighted by Crippen LogP contribution is 2.20. The maximum Gasteiger partial charge on any atom is 0.407 e. The molecule has 7 nitrogen and oxygen atoms in total. The Morgan fingerprint density at radius 3 is 2.61 bits per heavy atom. The Balaban J connectivity index is 1.84. The molecular formula is C21H27NO6. The van der Waals surface area contributed by atoms with Gasteiger partial charge in [-0.05, 0) is 45.2 Å². The minimum atomic E-state index is -0.563. The minimum absolute atomic E-state index is 0.00804. The van der Waals surface area contributed by atoms with E-state index in [-0.39, 0.29) is 13.0 Å². The molecule has 1 aromatic carbocycles. The van der Waals surface area contributed by atoms with E-state index < -0.39 is 23.3 Å². The number of hydrogen-bond acceptors (Lipinski definition) is 6. The summed E-state index contributed by atoms with van der Waals surface area (Å²) in [6.45, 7) is 7.65. The summed E-state index contributed by atoms with van der Waals surface area (Å²) in [4.78, 5) is 35.2. The van der Waals surface area contributed by atoms with Crippen LogP contribution in [0.4, 0.5) is 4.79 Å². The summed E-state index contributed by atoms with van der Waals surface area (Å²) in [6, 6.07) is 6.98. The van der Waals surface area contributed by atoms with E-state index in [1.807, 2.05) is 25.1 Å². The molecule has 28 heavy (non-hydrogen) atoms. The second-order valence-electron chi connectivity index (χ2n) is 7.47. The molecule has 0 bridgehead atoms. The van der Waals surface area contributed by atoms with Crippen LogP contribution in [0, 0.1) is 0 Å². The SMILES string of the molecule is CCc1ccc2c(COC(=O)CCCNC(=O)OC(C)(C)C)cc(=O)oc2c1. The fraction of sp³-hybridized carbons (Fsp3) is 0.476. The molecule has 0 saturated heterocycles. The van der Waals surface area contributed by atoms with E-state index in [0.717, 1.165) is 17.4 Å². The topological polar surface area (TPSA) is 94.8 Å². The first kappa shape index (κ1) is 21.5. The van der Waals surface area contributed by atoms with Gasteiger partial charge in [0.25, 0.3) is 0 Å². The lowest BCUT2D eigenvalue weighted by molar-refractivity contribution is -0.145. The normalized spacial score (nSPS) is 11.3. The largest absolute Gasteiger partial charge is 0.461 e. The Bertz CT molecular complexity index is 894. The summed E-state index contributed by atoms with van der Waals surface area (Å²) in [5.41, 5.74) is 1.11. The van der Waals surface area contributed by atoms with Gasteiger partial charge in [-0.1, -0.05) is 19.1 Å². The number of alkyl carbamates (subject to hydrolysis) is 1. The van der Waals surface area contributed by atoms with E-state index in [1.165, 1.54) is 6.07 Å². The fourth-order valence-electron chi connectivity index (χ4n) is 2.58. The van der Waals surface area contributed by atoms with Crippen molar-refractivity contribution >= 4 is 23.0 Å². The van der Waals surface area contributed by atoms with E-state index >= 15 is 0 Å². The van der Waals surface area contributed by atoms with E-state index in [2.05, 4.69) is 5.32 Å². The molecule has 0 atom stereocenters. The van der Waals surface area contributed by atoms with Gasteiger partial charge in [-0.15, -0.1) is 0 Å². The van der Waals surface area contributed by atoms with Crippen LogP contribution in [0.25, 0.3) is 11.0 Å². The molecule has 7 heteroatoms. The van der Waals surface area contributed by atoms with Gasteiger partial charge in [0, 0.05) is 30.0 Å². The lowest BCUT2D eigenvalue weighted by Gasteiger charge is -2.19. The van der Waals surface area contributed by atoms with Crippen LogP contribution in [0.1, 0.15) is 51.7 Å². The monoisotopic (exact) mass is 389 g/mol. The molecule has 0 unspecified atom stereocenters. The van der Waals surface area contributed by atoms with Crippen molar-refractivity contribution in [2.45, 2.75) is 59.2 Å². The molecule has 0 radical (unpaired) electrons. The summed E-state index contributed by atoms with van der Waals surface area (Å²) < 4.78 is 15.6. The fourth-order valence-corrected chi connectivity index (χ4v) is 2.58. The van der Waals surface area contributed by atoms with Crippen molar-refractivity contribution in [2.24, 2.45) is 0 Å². The number of benzene rings is 1. The molecule has 2 rings (SSSR count). The predicted molar refractivity (Wildman–Crippen MR) is 105 cm³/mol. The lowest BCUT2D eigenvalue weighted by atomic mass is 10.1. The van der Waals surface area contributed by atoms with Crippen LogP contribution in [0.2, 0.25) is 0 Å². The smallest absolute Gasteiger partial charge is 0.407 e. The van der Waals surface area contributed by atoms with E-state index in [1.54, 1.807) is 20.8 Å². The first-order valence-electron chi connectivity index (χ1n) is 9.36. The van der Waals surface area contributed by atoms with Crippen LogP contribution in [-0.4, -0.2) is 24.2 Å². The maximum absolute atomic E-state index is 11.9. The molecule has 0 fully saturated rings. The second kappa shape index (κ2) is 9.39. The molecule has 1 heterocycles. The molecule has 0 aliphatic heterocycles. The Morgan fingerprint density at radius 1 is 1.18 bits per heavy atom. The van der Waals surface area contributed by atoms with Crippen LogP contribution in [0.3, 0.4) is 0 Å². The van der Waals surface area contributed by atoms with E-state index in [0.29, 0.717) is 24.1 Å². The molecule has 152 valence electrons. The van der Waals surface area contributed by atoms with E-state index in [4.69, 9.17) is 13.9 Å². The number of amides is 1. The van der Waals surface area contributed by atoms with Crippen molar-refractivity contribution in [3.63, 3.8) is 0 Å². The number of carbonyl (C=O) groups excluding carboxylic acids is 2. The average molecular weight is 389 g/mol. The third kappa shape index (κ3) is 6.72. The third-order valence-corrected chi connectivity index (χ3v) is 3.92. The minimum Gasteiger partial charge on any atom is -0.461 e. The van der Waals surface area contributed by atoms with Crippen LogP contribution in [0.15, 0.2) is 33.5 Å². The van der Waals surface area contributed by atoms with Crippen molar-refractivity contribution < 1.29 is 23.5 Å². The summed E-state index contributed by atoms with van der Waals surface area (Å²) in [6.07, 6.45) is 0.885. The highest BCUT2D eigenvalue weighted by Gasteiger charge is 2.15. The first-order chi connectivity index (χ1) is 13.2. The van der Waals surface area contributed by atoms with Gasteiger partial charge in [-0.3, -0.25) is 4.79 Å². The van der Waals surface area contributed by atoms with Gasteiger partial charge in [0.15, 0.2) is 0 Å². The van der Waals surface area contributed by atoms with Gasteiger partial charge in [-0.2, -0.15) is 0 Å². The summed E-state index contributed by atoms with van der Waals surface area (Å²) in [5, 5.41) is 3.33. The van der Waals surface area contributed by atoms with Gasteiger partial charge in [0.05, 0.1) is 0 Å². The third-order valence-electron chi connectivity index (χ3n) is 3.92. The number of carbonyl (C=O) groups is 2. The first-order valence-corrected chi connectivity index (χ1v) is 9.36. The standard InChI is InChI=1S/C21H27NO6/c1-5-14-8-9-16-15(12-19(24)27-17(16)11-14)13-26-18(23)7-6-10-22-20(25)28-21(2,3)4/h8-9,11-12H,5-7,10,13H2,1-4H3,(H,22,25). The van der Waals surface area contributed by atoms with Crippen LogP contribution in [-0.2, 0) is 27.3 Å². The van der Waals surface area contributed by atoms with Crippen molar-refractivity contribution in [3.05, 3.63) is 45.8 Å². The van der Waals surface area contributed by atoms with E-state index in [9.17, 15) is 14.4 Å². The Labute approximate surface area is 164 Å². The lowest BCUT2D eigenvalue weighted by Crippen LogP contribution is -2.33. The number of esters is 1. The van der Waals surface area contributed by atoms with Gasteiger partial charge < -0.3 is 19.2 Å². The maximum atomic E-state index is 11.9. The Hall–Kier alpha value is -2.83. The Kier molecular flexibility index (Phi) is 7.20. The second-order valence-corrected chi connectivity index (χ2v) is 7.47. The number of aryl methyl sites for hydroxylation is 1. The van der Waals surface area contributed by atoms with Gasteiger partial charge in [0.2, 0.25) is 0 Å². The summed E-state index contributed by atoms with van der Waals surface area (Å²) >= 11 is 0. The molecule has 0 saturated carbocycles. The summed E-state index contributed by atoms with van der Waals surface area (Å²) in [7, 11) is 0. The summed E-state index contributed by atoms with van der Waals surface area (Å²) in [5.74, 6) is -0.405. The highest BCUT2D eigenvalue weighted by molar-refractivity contribution is 5.81. The molecular weight excluding hydrogens is 362 g/mol. The highest BCUT2D eigenvalue weighted by atomic mass is 16.6. The van der Waals surface area contributed by atoms with Crippen LogP contribution in [0.5, 0.6) is 0 Å². The zero-order valence-corrected chi connectivity index (χ0v) is 16.8. The van der Waals surface area contributed by atoms with Crippen LogP contribution >= 0.6 is 0 Å². The molecule has 2 aromatic rings. The predicted octanol–water partition coefficient (Wildman–Crippen LogP) is 3.70. The zero-order chi connectivity index (χ0) is 20.7. The molecule has 0 spiro atoms. The molecule has 0 aliphatic carbocycles. The van der Waals surface area contributed by atoms with Crippen molar-refractivity contribution in [3.8, 4) is 0 Å². The number of fused-ring (bicyclic) bond motifs is 1. The van der Waals surface area contributed by atoms with Crippen molar-refractivity contribution in [2.75, 3.05) is 6.54 Å². The van der Waals surface area contributed by atoms with Gasteiger partial charge in [0.1, 0.15) is 17.8 Å². The van der Waals surface area contributed by atoms with Crippen LogP contribution < -0.4 is 10.9 Å². The van der Waals surface area contributed by atoms with Gasteiger partial charge >= 0.3 is 17.7 Å². The Morgan fingerprint density at radius 2 is 1.93 bits per heavy atom. The molecule has 0 aliphatic rings. The number of ether oxygens (including phenoxy) is 2. The molecule has 1 amide bonds. The zero-order valence-electron chi connectivity index (χ0n) is 16.8. The average Bonchev–Trinajstić information content (AvgIpc) is 2.61. The van der Waals surface area contributed by atoms with Crippen molar-refractivity contribution in [1.82, 2.24) is 5.32 Å². The number of nitrogens with one attached hydrogen (secondary N) is 1. The van der Waals surface area contributed by atoms with Gasteiger partial charge in [-0.25, -0.2) is 9.59 Å². The number of hydrogen-bond donors (Lipinski definition) is 1. The quantitative estimate of drug-likeness (QED) is 0.441. The van der Waals surface area contributed by atoms with Crippen molar-refractivity contribution in [1.29, 1.82) is 0 Å². The molecule has 1 aromatic heterocycles.